The summed E-state index contributed by atoms with van der Waals surface area (Å²) in [6, 6.07) is 13.1. The summed E-state index contributed by atoms with van der Waals surface area (Å²) in [5.41, 5.74) is 0.538. The van der Waals surface area contributed by atoms with Crippen LogP contribution in [0.15, 0.2) is 98.2 Å². The maximum absolute atomic E-state index is 12.9. The molecule has 4 rings (SSSR count). The van der Waals surface area contributed by atoms with Crippen molar-refractivity contribution in [2.75, 3.05) is 5.01 Å². The highest BCUT2D eigenvalue weighted by atomic mass is 32.2. The predicted octanol–water partition coefficient (Wildman–Crippen LogP) is 2.56. The van der Waals surface area contributed by atoms with E-state index in [-0.39, 0.29) is 37.9 Å². The number of carbonyl (C=O) groups is 1. The minimum atomic E-state index is -4.40. The van der Waals surface area contributed by atoms with Crippen LogP contribution in [-0.4, -0.2) is 42.1 Å². The van der Waals surface area contributed by atoms with Crippen LogP contribution in [0.5, 0.6) is 0 Å². The molecule has 1 amide bonds. The number of nitrogens with zero attached hydrogens (tertiary/aromatic N) is 4. The second-order valence-electron chi connectivity index (χ2n) is 8.11. The molecular formula is C25H18N4O8S2. The van der Waals surface area contributed by atoms with Gasteiger partial charge in [-0.05, 0) is 73.2 Å². The van der Waals surface area contributed by atoms with Crippen molar-refractivity contribution in [3.63, 3.8) is 0 Å². The molecule has 2 heterocycles. The Morgan fingerprint density at radius 3 is 1.92 bits per heavy atom. The number of carbonyl (C=O) groups excluding carboxylic acids is 1. The molecule has 0 bridgehead atoms. The normalized spacial score (nSPS) is 15.1. The van der Waals surface area contributed by atoms with E-state index in [4.69, 9.17) is 9.11 Å². The van der Waals surface area contributed by atoms with E-state index in [1.165, 1.54) is 54.8 Å². The van der Waals surface area contributed by atoms with Crippen LogP contribution in [0.2, 0.25) is 0 Å². The fourth-order valence-electron chi connectivity index (χ4n) is 3.68. The third-order valence-electron chi connectivity index (χ3n) is 5.63. The highest BCUT2D eigenvalue weighted by Gasteiger charge is 2.28. The van der Waals surface area contributed by atoms with Crippen molar-refractivity contribution in [2.45, 2.75) is 16.7 Å². The Morgan fingerprint density at radius 2 is 1.41 bits per heavy atom. The molecule has 0 atom stereocenters. The van der Waals surface area contributed by atoms with E-state index < -0.39 is 31.7 Å². The Labute approximate surface area is 222 Å². The third-order valence-corrected chi connectivity index (χ3v) is 7.37. The quantitative estimate of drug-likeness (QED) is 0.334. The number of hydrogen-bond donors (Lipinski definition) is 2. The molecule has 2 aromatic carbocycles. The Hall–Kier alpha value is -4.68. The van der Waals surface area contributed by atoms with Crippen molar-refractivity contribution in [3.8, 4) is 11.8 Å². The van der Waals surface area contributed by atoms with Crippen LogP contribution in [0.4, 0.5) is 5.69 Å². The molecule has 0 spiro atoms. The maximum Gasteiger partial charge on any atom is 0.294 e. The van der Waals surface area contributed by atoms with Crippen LogP contribution >= 0.6 is 0 Å². The summed E-state index contributed by atoms with van der Waals surface area (Å²) in [4.78, 5) is 25.1. The first-order valence-electron chi connectivity index (χ1n) is 10.9. The van der Waals surface area contributed by atoms with Gasteiger partial charge in [0.25, 0.3) is 31.7 Å². The lowest BCUT2D eigenvalue weighted by atomic mass is 10.1. The van der Waals surface area contributed by atoms with Gasteiger partial charge >= 0.3 is 0 Å². The molecule has 1 aliphatic heterocycles. The molecule has 0 fully saturated rings. The monoisotopic (exact) mass is 566 g/mol. The molecule has 0 radical (unpaired) electrons. The van der Waals surface area contributed by atoms with Gasteiger partial charge in [-0.1, -0.05) is 12.2 Å². The van der Waals surface area contributed by atoms with Gasteiger partial charge in [0.15, 0.2) is 0 Å². The first-order valence-corrected chi connectivity index (χ1v) is 13.8. The maximum atomic E-state index is 12.9. The van der Waals surface area contributed by atoms with E-state index in [1.807, 2.05) is 6.07 Å². The average Bonchev–Trinajstić information content (AvgIpc) is 3.16. The Morgan fingerprint density at radius 1 is 0.872 bits per heavy atom. The molecule has 0 aliphatic carbocycles. The molecule has 0 saturated heterocycles. The summed E-state index contributed by atoms with van der Waals surface area (Å²) in [6.45, 7) is 1.60. The summed E-state index contributed by atoms with van der Waals surface area (Å²) in [5.74, 6) is -0.499. The van der Waals surface area contributed by atoms with Gasteiger partial charge in [0.05, 0.1) is 26.8 Å². The predicted molar refractivity (Wildman–Crippen MR) is 141 cm³/mol. The highest BCUT2D eigenvalue weighted by molar-refractivity contribution is 7.86. The van der Waals surface area contributed by atoms with Crippen LogP contribution in [-0.2, 0) is 25.0 Å². The van der Waals surface area contributed by atoms with Gasteiger partial charge in [-0.2, -0.15) is 32.2 Å². The summed E-state index contributed by atoms with van der Waals surface area (Å²) < 4.78 is 64.3. The van der Waals surface area contributed by atoms with Gasteiger partial charge in [-0.3, -0.25) is 23.3 Å². The van der Waals surface area contributed by atoms with E-state index >= 15 is 0 Å². The highest BCUT2D eigenvalue weighted by Crippen LogP contribution is 2.25. The summed E-state index contributed by atoms with van der Waals surface area (Å²) in [7, 11) is -8.79. The van der Waals surface area contributed by atoms with Gasteiger partial charge in [0.1, 0.15) is 11.6 Å². The zero-order valence-electron chi connectivity index (χ0n) is 20.0. The summed E-state index contributed by atoms with van der Waals surface area (Å²) >= 11 is 0. The molecule has 12 nitrogen and oxygen atoms in total. The second kappa shape index (κ2) is 10.2. The zero-order valence-corrected chi connectivity index (χ0v) is 21.6. The first-order chi connectivity index (χ1) is 18.3. The molecule has 198 valence electrons. The number of nitriles is 1. The minimum Gasteiger partial charge on any atom is -0.283 e. The van der Waals surface area contributed by atoms with Gasteiger partial charge in [-0.25, -0.2) is 0 Å². The van der Waals surface area contributed by atoms with Crippen molar-refractivity contribution in [2.24, 2.45) is 5.10 Å². The molecule has 39 heavy (non-hydrogen) atoms. The summed E-state index contributed by atoms with van der Waals surface area (Å²) in [5, 5.41) is 14.8. The number of amides is 1. The van der Waals surface area contributed by atoms with Crippen LogP contribution in [0, 0.1) is 11.3 Å². The number of hydrogen-bond acceptors (Lipinski definition) is 8. The van der Waals surface area contributed by atoms with Crippen molar-refractivity contribution < 1.29 is 30.7 Å². The number of aromatic nitrogens is 1. The lowest BCUT2D eigenvalue weighted by Crippen LogP contribution is -2.21. The van der Waals surface area contributed by atoms with Gasteiger partial charge in [0.2, 0.25) is 0 Å². The van der Waals surface area contributed by atoms with Gasteiger partial charge in [0, 0.05) is 11.9 Å². The molecule has 3 aromatic rings. The largest absolute Gasteiger partial charge is 0.294 e. The minimum absolute atomic E-state index is 0.199. The topological polar surface area (TPSA) is 187 Å². The van der Waals surface area contributed by atoms with Crippen LogP contribution in [0.1, 0.15) is 18.1 Å². The molecule has 14 heteroatoms. The molecule has 0 unspecified atom stereocenters. The van der Waals surface area contributed by atoms with Crippen molar-refractivity contribution in [1.82, 2.24) is 4.57 Å². The van der Waals surface area contributed by atoms with Crippen LogP contribution < -0.4 is 10.6 Å². The number of hydrazone groups is 1. The lowest BCUT2D eigenvalue weighted by Gasteiger charge is -2.11. The van der Waals surface area contributed by atoms with Crippen molar-refractivity contribution in [3.05, 3.63) is 100.0 Å². The fraction of sp³-hybridized carbons (Fsp3) is 0.0400. The van der Waals surface area contributed by atoms with E-state index in [0.717, 1.165) is 33.8 Å². The average molecular weight is 567 g/mol. The molecule has 2 N–H and O–H groups in total. The standard InChI is InChI=1S/C25H18N4O8S2/c1-16-22(25(31)29(27-16)19-7-11-21(12-8-19)39(35,36)37)4-2-3-17-13-14-28(24(30)23(17)15-26)18-5-9-20(10-6-18)38(32,33)34/h2-14H,1H3,(H,32,33,34)(H,35,36,37). The molecule has 0 saturated carbocycles. The third kappa shape index (κ3) is 5.61. The van der Waals surface area contributed by atoms with Gasteiger partial charge in [-0.15, -0.1) is 0 Å². The number of pyridine rings is 1. The summed E-state index contributed by atoms with van der Waals surface area (Å²) in [6.07, 6.45) is 5.78. The van der Waals surface area contributed by atoms with E-state index in [2.05, 4.69) is 5.10 Å². The lowest BCUT2D eigenvalue weighted by molar-refractivity contribution is -0.114. The van der Waals surface area contributed by atoms with Gasteiger partial charge < -0.3 is 0 Å². The van der Waals surface area contributed by atoms with Crippen molar-refractivity contribution in [1.29, 1.82) is 5.26 Å². The van der Waals surface area contributed by atoms with Crippen LogP contribution in [0.25, 0.3) is 11.8 Å². The number of allylic oxidation sites excluding steroid dienone is 2. The molecular weight excluding hydrogens is 548 g/mol. The van der Waals surface area contributed by atoms with E-state index in [0.29, 0.717) is 5.71 Å². The number of rotatable bonds is 6. The Bertz CT molecular complexity index is 1900. The van der Waals surface area contributed by atoms with Crippen molar-refractivity contribution >= 4 is 43.6 Å². The molecule has 1 aliphatic rings. The van der Waals surface area contributed by atoms with Crippen LogP contribution in [0.3, 0.4) is 0 Å². The zero-order chi connectivity index (χ0) is 28.5. The number of anilines is 1. The first kappa shape index (κ1) is 27.4. The second-order valence-corrected chi connectivity index (χ2v) is 11.0. The molecule has 1 aromatic heterocycles. The Kier molecular flexibility index (Phi) is 7.18. The fourth-order valence-corrected chi connectivity index (χ4v) is 4.64. The Balaban J connectivity index is 1.59. The number of benzene rings is 2. The SMILES string of the molecule is CC1=NN(c2ccc(S(=O)(=O)O)cc2)C(=O)C1=CC=Cc1ccn(-c2ccc(S(=O)(=O)O)cc2)c(=O)c1C#N. The van der Waals surface area contributed by atoms with E-state index in [9.17, 15) is 31.7 Å². The smallest absolute Gasteiger partial charge is 0.283 e. The van der Waals surface area contributed by atoms with E-state index in [1.54, 1.807) is 6.92 Å².